The molecule has 4 aromatic rings. The van der Waals surface area contributed by atoms with E-state index in [0.29, 0.717) is 46.7 Å². The first kappa shape index (κ1) is 24.2. The van der Waals surface area contributed by atoms with Gasteiger partial charge in [-0.3, -0.25) is 4.79 Å². The molecule has 1 spiro atoms. The van der Waals surface area contributed by atoms with Crippen molar-refractivity contribution in [1.29, 1.82) is 0 Å². The molecule has 0 unspecified atom stereocenters. The van der Waals surface area contributed by atoms with Crippen LogP contribution in [0, 0.1) is 11.8 Å². The summed E-state index contributed by atoms with van der Waals surface area (Å²) in [5.41, 5.74) is 6.88. The number of hydrogen-bond acceptors (Lipinski definition) is 9. The fraction of sp³-hybridized carbons (Fsp3) is 0.148. The number of hydrogen-bond donors (Lipinski definition) is 2. The van der Waals surface area contributed by atoms with E-state index in [1.807, 2.05) is 0 Å². The summed E-state index contributed by atoms with van der Waals surface area (Å²) in [7, 11) is 1.45. The lowest BCUT2D eigenvalue weighted by Gasteiger charge is -2.41. The van der Waals surface area contributed by atoms with Crippen molar-refractivity contribution in [2.75, 3.05) is 19.0 Å². The minimum absolute atomic E-state index is 0.0410. The smallest absolute Gasteiger partial charge is 0.283 e. The van der Waals surface area contributed by atoms with E-state index >= 15 is 4.39 Å². The van der Waals surface area contributed by atoms with E-state index in [1.54, 1.807) is 30.3 Å². The second-order valence-electron chi connectivity index (χ2n) is 8.81. The molecule has 4 heterocycles. The van der Waals surface area contributed by atoms with Gasteiger partial charge in [0.25, 0.3) is 11.9 Å². The molecule has 10 nitrogen and oxygen atoms in total. The molecule has 0 radical (unpaired) electrons. The lowest BCUT2D eigenvalue weighted by atomic mass is 9.79. The van der Waals surface area contributed by atoms with Crippen molar-refractivity contribution < 1.29 is 27.8 Å². The molecule has 39 heavy (non-hydrogen) atoms. The number of ether oxygens (including phenoxy) is 3. The first-order chi connectivity index (χ1) is 18.9. The maximum Gasteiger partial charge on any atom is 0.283 e. The second kappa shape index (κ2) is 9.31. The molecule has 1 atom stereocenters. The SMILES string of the molecule is COc1cnc(C(=O)Nc2ccc3c(c2)[C@@]2(CCN=C(N)O2)c2cc(-c4ccnc(F)c4)cc(F)c2O3)cn1. The zero-order chi connectivity index (χ0) is 27.1. The molecule has 1 amide bonds. The highest BCUT2D eigenvalue weighted by Gasteiger charge is 2.48. The zero-order valence-electron chi connectivity index (χ0n) is 20.4. The summed E-state index contributed by atoms with van der Waals surface area (Å²) in [5, 5.41) is 2.78. The van der Waals surface area contributed by atoms with Crippen LogP contribution in [0.4, 0.5) is 14.5 Å². The van der Waals surface area contributed by atoms with Crippen molar-refractivity contribution in [2.24, 2.45) is 10.7 Å². The van der Waals surface area contributed by atoms with Gasteiger partial charge in [-0.2, -0.15) is 4.39 Å². The third-order valence-corrected chi connectivity index (χ3v) is 6.50. The maximum atomic E-state index is 15.5. The Hall–Kier alpha value is -5.13. The number of pyridine rings is 1. The van der Waals surface area contributed by atoms with Crippen LogP contribution in [0.1, 0.15) is 28.0 Å². The number of carbonyl (C=O) groups excluding carboxylic acids is 1. The first-order valence-corrected chi connectivity index (χ1v) is 11.8. The van der Waals surface area contributed by atoms with Gasteiger partial charge in [-0.25, -0.2) is 24.3 Å². The molecular formula is C27H20F2N6O4. The number of anilines is 1. The van der Waals surface area contributed by atoms with E-state index in [1.165, 1.54) is 37.8 Å². The molecule has 0 saturated heterocycles. The third kappa shape index (κ3) is 4.25. The highest BCUT2D eigenvalue weighted by atomic mass is 19.1. The van der Waals surface area contributed by atoms with Crippen LogP contribution in [0.25, 0.3) is 11.1 Å². The molecule has 2 aromatic heterocycles. The summed E-state index contributed by atoms with van der Waals surface area (Å²) in [6.45, 7) is 0.290. The number of rotatable bonds is 4. The van der Waals surface area contributed by atoms with Crippen molar-refractivity contribution in [2.45, 2.75) is 12.0 Å². The van der Waals surface area contributed by atoms with E-state index in [9.17, 15) is 9.18 Å². The van der Waals surface area contributed by atoms with E-state index in [-0.39, 0.29) is 23.3 Å². The minimum atomic E-state index is -1.29. The Morgan fingerprint density at radius 2 is 1.92 bits per heavy atom. The van der Waals surface area contributed by atoms with Crippen LogP contribution in [-0.4, -0.2) is 40.5 Å². The van der Waals surface area contributed by atoms with Crippen LogP contribution in [0.3, 0.4) is 0 Å². The molecule has 3 N–H and O–H groups in total. The monoisotopic (exact) mass is 530 g/mol. The number of nitrogens with one attached hydrogen (secondary N) is 1. The van der Waals surface area contributed by atoms with Gasteiger partial charge in [0, 0.05) is 42.0 Å². The average molecular weight is 530 g/mol. The van der Waals surface area contributed by atoms with Gasteiger partial charge in [-0.05, 0) is 47.5 Å². The number of benzene rings is 2. The Bertz CT molecular complexity index is 1650. The second-order valence-corrected chi connectivity index (χ2v) is 8.81. The number of amidine groups is 1. The Kier molecular flexibility index (Phi) is 5.78. The summed E-state index contributed by atoms with van der Waals surface area (Å²) < 4.78 is 46.5. The molecule has 2 aromatic carbocycles. The highest BCUT2D eigenvalue weighted by molar-refractivity contribution is 6.02. The number of nitrogens with two attached hydrogens (primary N) is 1. The first-order valence-electron chi connectivity index (χ1n) is 11.8. The number of carbonyl (C=O) groups is 1. The van der Waals surface area contributed by atoms with Gasteiger partial charge < -0.3 is 25.3 Å². The van der Waals surface area contributed by atoms with Gasteiger partial charge in [-0.1, -0.05) is 0 Å². The van der Waals surface area contributed by atoms with Gasteiger partial charge in [0.2, 0.25) is 11.8 Å². The van der Waals surface area contributed by atoms with E-state index in [4.69, 9.17) is 19.9 Å². The molecular weight excluding hydrogens is 510 g/mol. The normalized spacial score (nSPS) is 17.3. The molecule has 0 saturated carbocycles. The summed E-state index contributed by atoms with van der Waals surface area (Å²) in [6.07, 6.45) is 4.22. The van der Waals surface area contributed by atoms with Crippen molar-refractivity contribution in [1.82, 2.24) is 15.0 Å². The van der Waals surface area contributed by atoms with Crippen molar-refractivity contribution >= 4 is 17.6 Å². The number of fused-ring (bicyclic) bond motifs is 4. The fourth-order valence-corrected chi connectivity index (χ4v) is 4.71. The zero-order valence-corrected chi connectivity index (χ0v) is 20.4. The number of nitrogens with zero attached hydrogens (tertiary/aromatic N) is 4. The molecule has 196 valence electrons. The van der Waals surface area contributed by atoms with E-state index in [2.05, 4.69) is 25.3 Å². The Labute approximate surface area is 220 Å². The lowest BCUT2D eigenvalue weighted by Crippen LogP contribution is -2.42. The number of amides is 1. The average Bonchev–Trinajstić information content (AvgIpc) is 2.94. The standard InChI is InChI=1S/C27H20F2N6O4/c1-37-23-13-33-20(12-34-23)25(36)35-16-2-3-21-17(11-16)27(5-7-32-26(30)39-27)18-8-15(9-19(28)24(18)38-21)14-4-6-31-22(29)10-14/h2-4,6,8-13H,5,7H2,1H3,(H2,30,32)(H,35,36)/t27-/m0/s1. The topological polar surface area (TPSA) is 134 Å². The predicted octanol–water partition coefficient (Wildman–Crippen LogP) is 4.16. The molecule has 0 aliphatic carbocycles. The highest BCUT2D eigenvalue weighted by Crippen LogP contribution is 2.53. The van der Waals surface area contributed by atoms with Gasteiger partial charge in [0.05, 0.1) is 19.5 Å². The van der Waals surface area contributed by atoms with Crippen molar-refractivity contribution in [3.63, 3.8) is 0 Å². The van der Waals surface area contributed by atoms with E-state index < -0.39 is 23.3 Å². The van der Waals surface area contributed by atoms with Gasteiger partial charge >= 0.3 is 0 Å². The summed E-state index contributed by atoms with van der Waals surface area (Å²) in [4.78, 5) is 28.6. The minimum Gasteiger partial charge on any atom is -0.480 e. The fourth-order valence-electron chi connectivity index (χ4n) is 4.71. The van der Waals surface area contributed by atoms with Crippen LogP contribution in [0.15, 0.2) is 66.0 Å². The summed E-state index contributed by atoms with van der Waals surface area (Å²) in [5.74, 6) is -1.32. The number of methoxy groups -OCH3 is 1. The molecule has 0 fully saturated rings. The predicted molar refractivity (Wildman–Crippen MR) is 136 cm³/mol. The quantitative estimate of drug-likeness (QED) is 0.376. The molecule has 12 heteroatoms. The van der Waals surface area contributed by atoms with Crippen molar-refractivity contribution in [3.8, 4) is 28.5 Å². The summed E-state index contributed by atoms with van der Waals surface area (Å²) in [6, 6.07) is 10.5. The molecule has 2 aliphatic rings. The van der Waals surface area contributed by atoms with Crippen LogP contribution >= 0.6 is 0 Å². The van der Waals surface area contributed by atoms with Crippen LogP contribution in [0.2, 0.25) is 0 Å². The largest absolute Gasteiger partial charge is 0.480 e. The number of aromatic nitrogens is 3. The number of aliphatic imine (C=N–C) groups is 1. The van der Waals surface area contributed by atoms with Gasteiger partial charge in [0.15, 0.2) is 17.2 Å². The van der Waals surface area contributed by atoms with Gasteiger partial charge in [-0.15, -0.1) is 0 Å². The lowest BCUT2D eigenvalue weighted by molar-refractivity contribution is 0.0628. The molecule has 0 bridgehead atoms. The van der Waals surface area contributed by atoms with Crippen LogP contribution < -0.4 is 20.5 Å². The van der Waals surface area contributed by atoms with Crippen LogP contribution in [-0.2, 0) is 10.3 Å². The Balaban J connectivity index is 1.44. The van der Waals surface area contributed by atoms with Gasteiger partial charge in [0.1, 0.15) is 11.4 Å². The Morgan fingerprint density at radius 1 is 1.05 bits per heavy atom. The molecule has 2 aliphatic heterocycles. The Morgan fingerprint density at radius 3 is 2.67 bits per heavy atom. The maximum absolute atomic E-state index is 15.5. The summed E-state index contributed by atoms with van der Waals surface area (Å²) >= 11 is 0. The van der Waals surface area contributed by atoms with E-state index in [0.717, 1.165) is 0 Å². The van der Waals surface area contributed by atoms with Crippen LogP contribution in [0.5, 0.6) is 17.4 Å². The van der Waals surface area contributed by atoms with Crippen molar-refractivity contribution in [3.05, 3.63) is 89.6 Å². The molecule has 6 rings (SSSR count). The number of halogens is 2. The third-order valence-electron chi connectivity index (χ3n) is 6.50.